The van der Waals surface area contributed by atoms with Crippen LogP contribution in [0.3, 0.4) is 0 Å². The van der Waals surface area contributed by atoms with Crippen molar-refractivity contribution >= 4 is 11.8 Å². The number of nitrogens with zero attached hydrogens (tertiary/aromatic N) is 2. The number of ether oxygens (including phenoxy) is 2. The van der Waals surface area contributed by atoms with Gasteiger partial charge in [-0.1, -0.05) is 0 Å². The van der Waals surface area contributed by atoms with Gasteiger partial charge in [-0.05, 0) is 0 Å². The lowest BCUT2D eigenvalue weighted by Gasteiger charge is -2.03. The van der Waals surface area contributed by atoms with Crippen LogP contribution in [-0.2, 0) is 16.0 Å². The summed E-state index contributed by atoms with van der Waals surface area (Å²) < 4.78 is 9.33. The van der Waals surface area contributed by atoms with Crippen LogP contribution >= 0.6 is 0 Å². The summed E-state index contributed by atoms with van der Waals surface area (Å²) in [5, 5.41) is 0. The lowest BCUT2D eigenvalue weighted by molar-refractivity contribution is -0.139. The first-order valence-corrected chi connectivity index (χ1v) is 3.90. The molecule has 0 bridgehead atoms. The molecule has 0 amide bonds. The van der Waals surface area contributed by atoms with Crippen LogP contribution in [-0.4, -0.2) is 30.2 Å². The summed E-state index contributed by atoms with van der Waals surface area (Å²) >= 11 is 0. The standard InChI is InChI=1S/C8H11N3O3/c1-13-7-3-5(9)10-6(11-7)4-8(12)14-2/h3H,4H2,1-2H3,(H2,9,10,11). The second-order valence-corrected chi connectivity index (χ2v) is 2.50. The average molecular weight is 197 g/mol. The molecule has 0 aliphatic rings. The Morgan fingerprint density at radius 2 is 2.21 bits per heavy atom. The predicted molar refractivity (Wildman–Crippen MR) is 48.7 cm³/mol. The number of hydrogen-bond donors (Lipinski definition) is 1. The number of carbonyl (C=O) groups excluding carboxylic acids is 1. The topological polar surface area (TPSA) is 87.3 Å². The zero-order chi connectivity index (χ0) is 10.6. The van der Waals surface area contributed by atoms with Crippen LogP contribution in [0.5, 0.6) is 5.88 Å². The van der Waals surface area contributed by atoms with Gasteiger partial charge in [0, 0.05) is 6.07 Å². The molecule has 1 rings (SSSR count). The van der Waals surface area contributed by atoms with Gasteiger partial charge >= 0.3 is 5.97 Å². The largest absolute Gasteiger partial charge is 0.481 e. The molecule has 6 nitrogen and oxygen atoms in total. The molecule has 76 valence electrons. The smallest absolute Gasteiger partial charge is 0.313 e. The molecule has 0 aliphatic carbocycles. The van der Waals surface area contributed by atoms with Crippen molar-refractivity contribution < 1.29 is 14.3 Å². The van der Waals surface area contributed by atoms with Crippen molar-refractivity contribution in [3.05, 3.63) is 11.9 Å². The van der Waals surface area contributed by atoms with E-state index in [0.29, 0.717) is 5.88 Å². The van der Waals surface area contributed by atoms with E-state index >= 15 is 0 Å². The fourth-order valence-corrected chi connectivity index (χ4v) is 0.877. The molecular formula is C8H11N3O3. The molecule has 1 heterocycles. The van der Waals surface area contributed by atoms with E-state index in [9.17, 15) is 4.79 Å². The molecule has 0 aromatic carbocycles. The van der Waals surface area contributed by atoms with Gasteiger partial charge in [-0.2, -0.15) is 4.98 Å². The Balaban J connectivity index is 2.86. The van der Waals surface area contributed by atoms with E-state index in [1.54, 1.807) is 0 Å². The highest BCUT2D eigenvalue weighted by atomic mass is 16.5. The normalized spacial score (nSPS) is 9.57. The van der Waals surface area contributed by atoms with E-state index in [1.807, 2.05) is 0 Å². The summed E-state index contributed by atoms with van der Waals surface area (Å²) in [7, 11) is 2.76. The highest BCUT2D eigenvalue weighted by Gasteiger charge is 2.08. The molecule has 0 atom stereocenters. The molecule has 1 aromatic rings. The third-order valence-electron chi connectivity index (χ3n) is 1.51. The summed E-state index contributed by atoms with van der Waals surface area (Å²) in [6.45, 7) is 0. The van der Waals surface area contributed by atoms with E-state index in [-0.39, 0.29) is 18.1 Å². The molecule has 6 heteroatoms. The van der Waals surface area contributed by atoms with Gasteiger partial charge in [0.2, 0.25) is 5.88 Å². The van der Waals surface area contributed by atoms with Crippen LogP contribution in [0.1, 0.15) is 5.82 Å². The molecule has 2 N–H and O–H groups in total. The Morgan fingerprint density at radius 1 is 1.50 bits per heavy atom. The van der Waals surface area contributed by atoms with Gasteiger partial charge in [0.05, 0.1) is 14.2 Å². The number of nitrogen functional groups attached to an aromatic ring is 1. The first kappa shape index (κ1) is 10.2. The zero-order valence-electron chi connectivity index (χ0n) is 7.98. The van der Waals surface area contributed by atoms with Crippen LogP contribution in [0.15, 0.2) is 6.07 Å². The highest BCUT2D eigenvalue weighted by Crippen LogP contribution is 2.10. The minimum Gasteiger partial charge on any atom is -0.481 e. The Morgan fingerprint density at radius 3 is 2.79 bits per heavy atom. The number of methoxy groups -OCH3 is 2. The van der Waals surface area contributed by atoms with Crippen molar-refractivity contribution in [2.45, 2.75) is 6.42 Å². The van der Waals surface area contributed by atoms with Gasteiger partial charge in [-0.15, -0.1) is 0 Å². The van der Waals surface area contributed by atoms with Crippen molar-refractivity contribution in [3.63, 3.8) is 0 Å². The van der Waals surface area contributed by atoms with E-state index in [2.05, 4.69) is 14.7 Å². The van der Waals surface area contributed by atoms with Crippen molar-refractivity contribution in [1.82, 2.24) is 9.97 Å². The van der Waals surface area contributed by atoms with Crippen LogP contribution in [0, 0.1) is 0 Å². The molecule has 0 saturated carbocycles. The van der Waals surface area contributed by atoms with Crippen molar-refractivity contribution in [2.24, 2.45) is 0 Å². The van der Waals surface area contributed by atoms with E-state index in [1.165, 1.54) is 20.3 Å². The maximum Gasteiger partial charge on any atom is 0.313 e. The number of rotatable bonds is 3. The van der Waals surface area contributed by atoms with E-state index in [0.717, 1.165) is 0 Å². The first-order chi connectivity index (χ1) is 6.65. The van der Waals surface area contributed by atoms with Gasteiger partial charge in [0.15, 0.2) is 0 Å². The highest BCUT2D eigenvalue weighted by molar-refractivity contribution is 5.71. The number of hydrogen-bond acceptors (Lipinski definition) is 6. The molecule has 0 fully saturated rings. The van der Waals surface area contributed by atoms with Gasteiger partial charge in [0.1, 0.15) is 18.1 Å². The molecule has 0 saturated heterocycles. The number of esters is 1. The third kappa shape index (κ3) is 2.58. The Hall–Kier alpha value is -1.85. The van der Waals surface area contributed by atoms with Gasteiger partial charge in [0.25, 0.3) is 0 Å². The molecule has 0 radical (unpaired) electrons. The fourth-order valence-electron chi connectivity index (χ4n) is 0.877. The van der Waals surface area contributed by atoms with Crippen LogP contribution < -0.4 is 10.5 Å². The summed E-state index contributed by atoms with van der Waals surface area (Å²) in [5.74, 6) is 0.457. The summed E-state index contributed by atoms with van der Waals surface area (Å²) in [4.78, 5) is 18.7. The third-order valence-corrected chi connectivity index (χ3v) is 1.51. The second kappa shape index (κ2) is 4.40. The zero-order valence-corrected chi connectivity index (χ0v) is 7.98. The quantitative estimate of drug-likeness (QED) is 0.674. The molecule has 0 unspecified atom stereocenters. The van der Waals surface area contributed by atoms with E-state index < -0.39 is 5.97 Å². The van der Waals surface area contributed by atoms with Crippen LogP contribution in [0.25, 0.3) is 0 Å². The number of aromatic nitrogens is 2. The predicted octanol–water partition coefficient (Wildman–Crippen LogP) is -0.217. The first-order valence-electron chi connectivity index (χ1n) is 3.90. The fraction of sp³-hybridized carbons (Fsp3) is 0.375. The summed E-state index contributed by atoms with van der Waals surface area (Å²) in [5.41, 5.74) is 5.47. The average Bonchev–Trinajstić information content (AvgIpc) is 2.16. The molecule has 1 aromatic heterocycles. The molecule has 0 aliphatic heterocycles. The van der Waals surface area contributed by atoms with Crippen LogP contribution in [0.2, 0.25) is 0 Å². The van der Waals surface area contributed by atoms with Crippen LogP contribution in [0.4, 0.5) is 5.82 Å². The van der Waals surface area contributed by atoms with Gasteiger partial charge < -0.3 is 15.2 Å². The van der Waals surface area contributed by atoms with Crippen molar-refractivity contribution in [1.29, 1.82) is 0 Å². The number of nitrogens with two attached hydrogens (primary N) is 1. The van der Waals surface area contributed by atoms with Crippen molar-refractivity contribution in [2.75, 3.05) is 20.0 Å². The number of carbonyl (C=O) groups is 1. The summed E-state index contributed by atoms with van der Waals surface area (Å²) in [6.07, 6.45) is -0.0160. The molecule has 14 heavy (non-hydrogen) atoms. The summed E-state index contributed by atoms with van der Waals surface area (Å²) in [6, 6.07) is 1.47. The van der Waals surface area contributed by atoms with Crippen molar-refractivity contribution in [3.8, 4) is 5.88 Å². The maximum atomic E-state index is 10.9. The SMILES string of the molecule is COC(=O)Cc1nc(N)cc(OC)n1. The van der Waals surface area contributed by atoms with Gasteiger partial charge in [-0.25, -0.2) is 4.98 Å². The lowest BCUT2D eigenvalue weighted by Crippen LogP contribution is -2.09. The minimum absolute atomic E-state index is 0.0160. The Kier molecular flexibility index (Phi) is 3.22. The van der Waals surface area contributed by atoms with E-state index in [4.69, 9.17) is 10.5 Å². The monoisotopic (exact) mass is 197 g/mol. The van der Waals surface area contributed by atoms with Gasteiger partial charge in [-0.3, -0.25) is 4.79 Å². The molecular weight excluding hydrogens is 186 g/mol. The second-order valence-electron chi connectivity index (χ2n) is 2.50. The molecule has 0 spiro atoms. The Bertz CT molecular complexity index is 341. The minimum atomic E-state index is -0.419. The lowest BCUT2D eigenvalue weighted by atomic mass is 10.4. The number of anilines is 1. The Labute approximate surface area is 81.1 Å². The maximum absolute atomic E-state index is 10.9.